The van der Waals surface area contributed by atoms with Crippen LogP contribution in [-0.2, 0) is 9.84 Å². The molecule has 0 fully saturated rings. The number of halogens is 1. The molecule has 2 aromatic heterocycles. The van der Waals surface area contributed by atoms with Crippen molar-refractivity contribution in [1.82, 2.24) is 14.5 Å². The van der Waals surface area contributed by atoms with Gasteiger partial charge in [-0.1, -0.05) is 0 Å². The van der Waals surface area contributed by atoms with Crippen LogP contribution in [0.15, 0.2) is 54.1 Å². The van der Waals surface area contributed by atoms with Gasteiger partial charge in [0, 0.05) is 11.8 Å². The summed E-state index contributed by atoms with van der Waals surface area (Å²) in [6.07, 6.45) is 5.67. The van der Waals surface area contributed by atoms with Gasteiger partial charge in [0.1, 0.15) is 0 Å². The number of benzene rings is 1. The largest absolute Gasteiger partial charge is 0.494 e. The summed E-state index contributed by atoms with van der Waals surface area (Å²) in [7, 11) is -1.96. The first-order valence-electron chi connectivity index (χ1n) is 6.93. The fourth-order valence-electron chi connectivity index (χ4n) is 2.27. The molecule has 1 aromatic carbocycles. The topological polar surface area (TPSA) is 74.1 Å². The number of aromatic nitrogens is 3. The van der Waals surface area contributed by atoms with Crippen LogP contribution in [0.3, 0.4) is 0 Å². The van der Waals surface area contributed by atoms with Crippen molar-refractivity contribution in [2.45, 2.75) is 5.03 Å². The number of nitrogens with zero attached hydrogens (tertiary/aromatic N) is 3. The first-order valence-corrected chi connectivity index (χ1v) is 8.82. The lowest BCUT2D eigenvalue weighted by Crippen LogP contribution is -2.02. The Kier molecular flexibility index (Phi) is 4.06. The van der Waals surface area contributed by atoms with Crippen LogP contribution < -0.4 is 4.74 Å². The quantitative estimate of drug-likeness (QED) is 0.725. The van der Waals surface area contributed by atoms with Crippen LogP contribution in [0.2, 0.25) is 0 Å². The molecule has 0 spiro atoms. The van der Waals surface area contributed by atoms with Crippen LogP contribution in [0, 0.1) is 5.82 Å². The highest BCUT2D eigenvalue weighted by Gasteiger charge is 2.12. The Morgan fingerprint density at radius 1 is 1.17 bits per heavy atom. The molecule has 0 unspecified atom stereocenters. The summed E-state index contributed by atoms with van der Waals surface area (Å²) in [5.74, 6) is -0.322. The summed E-state index contributed by atoms with van der Waals surface area (Å²) in [6, 6.07) is 7.64. The minimum atomic E-state index is -3.36. The van der Waals surface area contributed by atoms with E-state index in [9.17, 15) is 12.8 Å². The summed E-state index contributed by atoms with van der Waals surface area (Å²) in [4.78, 5) is 8.04. The van der Waals surface area contributed by atoms with Gasteiger partial charge >= 0.3 is 0 Å². The van der Waals surface area contributed by atoms with Crippen LogP contribution in [0.5, 0.6) is 5.75 Å². The zero-order chi connectivity index (χ0) is 17.3. The van der Waals surface area contributed by atoms with Crippen molar-refractivity contribution in [1.29, 1.82) is 0 Å². The maximum atomic E-state index is 13.9. The van der Waals surface area contributed by atoms with Crippen LogP contribution in [0.1, 0.15) is 0 Å². The fourth-order valence-corrected chi connectivity index (χ4v) is 2.83. The highest BCUT2D eigenvalue weighted by atomic mass is 32.2. The van der Waals surface area contributed by atoms with E-state index in [1.165, 1.54) is 31.5 Å². The van der Waals surface area contributed by atoms with Crippen molar-refractivity contribution in [2.75, 3.05) is 13.4 Å². The van der Waals surface area contributed by atoms with Crippen LogP contribution in [0.25, 0.3) is 16.9 Å². The lowest BCUT2D eigenvalue weighted by atomic mass is 10.1. The molecule has 3 rings (SSSR count). The lowest BCUT2D eigenvalue weighted by molar-refractivity contribution is 0.386. The minimum Gasteiger partial charge on any atom is -0.494 e. The first kappa shape index (κ1) is 16.1. The number of rotatable bonds is 4. The predicted octanol–water partition coefficient (Wildman–Crippen LogP) is 2.49. The van der Waals surface area contributed by atoms with Gasteiger partial charge in [0.2, 0.25) is 0 Å². The molecule has 0 saturated heterocycles. The van der Waals surface area contributed by atoms with E-state index in [0.29, 0.717) is 16.9 Å². The number of ether oxygens (including phenoxy) is 1. The SMILES string of the molecule is COc1ccc(-c2cncn2-c2ccc(S(C)(=O)=O)nc2)cc1F. The van der Waals surface area contributed by atoms with Gasteiger partial charge in [-0.05, 0) is 30.3 Å². The Labute approximate surface area is 138 Å². The van der Waals surface area contributed by atoms with Gasteiger partial charge in [0.05, 0.1) is 37.2 Å². The summed E-state index contributed by atoms with van der Waals surface area (Å²) in [5, 5.41) is -0.0107. The molecule has 0 amide bonds. The number of sulfone groups is 1. The number of imidazole rings is 1. The molecular formula is C16H14FN3O3S. The summed E-state index contributed by atoms with van der Waals surface area (Å²) in [6.45, 7) is 0. The van der Waals surface area contributed by atoms with Crippen molar-refractivity contribution in [3.8, 4) is 22.7 Å². The fraction of sp³-hybridized carbons (Fsp3) is 0.125. The van der Waals surface area contributed by atoms with Crippen LogP contribution in [0.4, 0.5) is 4.39 Å². The van der Waals surface area contributed by atoms with Gasteiger partial charge in [0.15, 0.2) is 26.4 Å². The molecule has 124 valence electrons. The van der Waals surface area contributed by atoms with Crippen molar-refractivity contribution < 1.29 is 17.5 Å². The zero-order valence-corrected chi connectivity index (χ0v) is 13.8. The second-order valence-corrected chi connectivity index (χ2v) is 7.09. The molecule has 6 nitrogen and oxygen atoms in total. The lowest BCUT2D eigenvalue weighted by Gasteiger charge is -2.10. The molecule has 0 aliphatic rings. The zero-order valence-electron chi connectivity index (χ0n) is 13.0. The average molecular weight is 347 g/mol. The van der Waals surface area contributed by atoms with Gasteiger partial charge in [-0.15, -0.1) is 0 Å². The van der Waals surface area contributed by atoms with Gasteiger partial charge in [-0.25, -0.2) is 22.8 Å². The maximum absolute atomic E-state index is 13.9. The smallest absolute Gasteiger partial charge is 0.192 e. The second-order valence-electron chi connectivity index (χ2n) is 5.13. The number of hydrogen-bond acceptors (Lipinski definition) is 5. The summed E-state index contributed by atoms with van der Waals surface area (Å²) >= 11 is 0. The summed E-state index contributed by atoms with van der Waals surface area (Å²) in [5.41, 5.74) is 1.87. The van der Waals surface area contributed by atoms with Gasteiger partial charge in [0.25, 0.3) is 0 Å². The highest BCUT2D eigenvalue weighted by Crippen LogP contribution is 2.27. The standard InChI is InChI=1S/C16H14FN3O3S/c1-23-15-5-3-11(7-13(15)17)14-9-18-10-20(14)12-4-6-16(19-8-12)24(2,21)22/h3-10H,1-2H3. The van der Waals surface area contributed by atoms with Crippen molar-refractivity contribution in [3.63, 3.8) is 0 Å². The molecule has 0 N–H and O–H groups in total. The van der Waals surface area contributed by atoms with Crippen molar-refractivity contribution >= 4 is 9.84 Å². The first-order chi connectivity index (χ1) is 11.4. The number of methoxy groups -OCH3 is 1. The van der Waals surface area contributed by atoms with E-state index in [1.807, 2.05) is 0 Å². The highest BCUT2D eigenvalue weighted by molar-refractivity contribution is 7.90. The van der Waals surface area contributed by atoms with Crippen LogP contribution >= 0.6 is 0 Å². The van der Waals surface area contributed by atoms with E-state index in [-0.39, 0.29) is 10.8 Å². The third-order valence-corrected chi connectivity index (χ3v) is 4.47. The van der Waals surface area contributed by atoms with Crippen molar-refractivity contribution in [2.24, 2.45) is 0 Å². The molecule has 0 saturated carbocycles. The number of hydrogen-bond donors (Lipinski definition) is 0. The van der Waals surface area contributed by atoms with Gasteiger partial charge in [-0.3, -0.25) is 4.57 Å². The molecule has 0 aliphatic heterocycles. The molecule has 0 atom stereocenters. The van der Waals surface area contributed by atoms with Gasteiger partial charge in [-0.2, -0.15) is 0 Å². The normalized spacial score (nSPS) is 11.5. The second kappa shape index (κ2) is 6.04. The third kappa shape index (κ3) is 3.00. The molecule has 2 heterocycles. The van der Waals surface area contributed by atoms with E-state index in [0.717, 1.165) is 6.26 Å². The molecular weight excluding hydrogens is 333 g/mol. The molecule has 24 heavy (non-hydrogen) atoms. The predicted molar refractivity (Wildman–Crippen MR) is 86.4 cm³/mol. The Hall–Kier alpha value is -2.74. The Morgan fingerprint density at radius 2 is 1.96 bits per heavy atom. The van der Waals surface area contributed by atoms with E-state index in [1.54, 1.807) is 29.2 Å². The Balaban J connectivity index is 2.03. The van der Waals surface area contributed by atoms with Crippen LogP contribution in [-0.4, -0.2) is 36.3 Å². The van der Waals surface area contributed by atoms with Gasteiger partial charge < -0.3 is 4.74 Å². The third-order valence-electron chi connectivity index (χ3n) is 3.46. The van der Waals surface area contributed by atoms with E-state index >= 15 is 0 Å². The van der Waals surface area contributed by atoms with Crippen molar-refractivity contribution in [3.05, 3.63) is 54.9 Å². The Bertz CT molecular complexity index is 982. The Morgan fingerprint density at radius 3 is 2.54 bits per heavy atom. The maximum Gasteiger partial charge on any atom is 0.192 e. The number of pyridine rings is 1. The molecule has 0 bridgehead atoms. The van der Waals surface area contributed by atoms with E-state index in [2.05, 4.69) is 9.97 Å². The monoisotopic (exact) mass is 347 g/mol. The minimum absolute atomic E-state index is 0.0107. The molecule has 0 aliphatic carbocycles. The van der Waals surface area contributed by atoms with E-state index in [4.69, 9.17) is 4.74 Å². The van der Waals surface area contributed by atoms with E-state index < -0.39 is 15.7 Å². The molecule has 8 heteroatoms. The summed E-state index contributed by atoms with van der Waals surface area (Å²) < 4.78 is 43.5. The average Bonchev–Trinajstić information content (AvgIpc) is 3.03. The molecule has 3 aromatic rings. The molecule has 0 radical (unpaired) electrons.